The van der Waals surface area contributed by atoms with Gasteiger partial charge in [-0.2, -0.15) is 0 Å². The predicted molar refractivity (Wildman–Crippen MR) is 81.4 cm³/mol. The quantitative estimate of drug-likeness (QED) is 0.690. The molecule has 4 N–H and O–H groups in total. The number of likely N-dealkylation sites (tertiary alicyclic amines) is 1. The van der Waals surface area contributed by atoms with Gasteiger partial charge in [0.25, 0.3) is 0 Å². The lowest BCUT2D eigenvalue weighted by Crippen LogP contribution is -2.53. The lowest BCUT2D eigenvalue weighted by atomic mass is 9.87. The highest BCUT2D eigenvalue weighted by Crippen LogP contribution is 2.23. The van der Waals surface area contributed by atoms with Crippen LogP contribution in [0.4, 0.5) is 4.79 Å². The monoisotopic (exact) mass is 285 g/mol. The van der Waals surface area contributed by atoms with Crippen LogP contribution in [-0.4, -0.2) is 47.8 Å². The van der Waals surface area contributed by atoms with E-state index < -0.39 is 0 Å². The van der Waals surface area contributed by atoms with E-state index >= 15 is 0 Å². The van der Waals surface area contributed by atoms with Crippen molar-refractivity contribution in [2.75, 3.05) is 19.6 Å². The highest BCUT2D eigenvalue weighted by molar-refractivity contribution is 5.72. The Bertz CT molecular complexity index is 307. The summed E-state index contributed by atoms with van der Waals surface area (Å²) in [6.45, 7) is 10.7. The van der Waals surface area contributed by atoms with E-state index in [0.29, 0.717) is 24.9 Å². The summed E-state index contributed by atoms with van der Waals surface area (Å²) in [7, 11) is 0. The highest BCUT2D eigenvalue weighted by Gasteiger charge is 2.30. The molecule has 3 atom stereocenters. The zero-order valence-electron chi connectivity index (χ0n) is 13.3. The normalized spacial score (nSPS) is 25.2. The third-order valence-corrected chi connectivity index (χ3v) is 4.01. The molecule has 118 valence electrons. The molecule has 1 saturated heterocycles. The number of rotatable bonds is 6. The number of urea groups is 1. The molecule has 0 aromatic heterocycles. The number of hydrogen-bond acceptors (Lipinski definition) is 3. The molecule has 1 rings (SSSR count). The van der Waals surface area contributed by atoms with Crippen LogP contribution in [0, 0.1) is 17.8 Å². The average molecular weight is 285 g/mol. The van der Waals surface area contributed by atoms with Crippen molar-refractivity contribution in [3.8, 4) is 0 Å². The largest absolute Gasteiger partial charge is 0.393 e. The molecule has 0 aromatic carbocycles. The fraction of sp³-hybridized carbons (Fsp3) is 0.933. The Hall–Kier alpha value is -0.810. The second kappa shape index (κ2) is 7.84. The second-order valence-corrected chi connectivity index (χ2v) is 6.89. The van der Waals surface area contributed by atoms with Crippen LogP contribution in [-0.2, 0) is 0 Å². The molecule has 0 radical (unpaired) electrons. The fourth-order valence-corrected chi connectivity index (χ4v) is 2.72. The van der Waals surface area contributed by atoms with Crippen molar-refractivity contribution in [2.24, 2.45) is 23.5 Å². The number of nitrogens with one attached hydrogen (secondary N) is 1. The molecule has 5 nitrogen and oxygen atoms in total. The number of primary amides is 1. The second-order valence-electron chi connectivity index (χ2n) is 6.89. The Balaban J connectivity index is 2.58. The number of aliphatic hydroxyl groups is 1. The summed E-state index contributed by atoms with van der Waals surface area (Å²) in [4.78, 5) is 13.2. The van der Waals surface area contributed by atoms with E-state index in [-0.39, 0.29) is 24.1 Å². The molecule has 1 aliphatic rings. The van der Waals surface area contributed by atoms with Crippen molar-refractivity contribution in [1.29, 1.82) is 0 Å². The molecule has 20 heavy (non-hydrogen) atoms. The van der Waals surface area contributed by atoms with Crippen molar-refractivity contribution >= 4 is 6.03 Å². The molecule has 1 fully saturated rings. The van der Waals surface area contributed by atoms with E-state index in [2.05, 4.69) is 19.2 Å². The van der Waals surface area contributed by atoms with Crippen LogP contribution in [0.25, 0.3) is 0 Å². The first-order valence-corrected chi connectivity index (χ1v) is 7.75. The molecule has 0 spiro atoms. The van der Waals surface area contributed by atoms with Crippen LogP contribution in [0.15, 0.2) is 0 Å². The molecule has 3 unspecified atom stereocenters. The van der Waals surface area contributed by atoms with Crippen LogP contribution < -0.4 is 11.1 Å². The molecule has 1 aliphatic heterocycles. The number of piperidine rings is 1. The average Bonchev–Trinajstić information content (AvgIpc) is 2.35. The topological polar surface area (TPSA) is 78.6 Å². The maximum absolute atomic E-state index is 11.5. The maximum atomic E-state index is 11.5. The SMILES string of the molecule is CC(C)CNC1CC(CC(O)C(C)C)CN(C(N)=O)C1. The van der Waals surface area contributed by atoms with E-state index in [1.54, 1.807) is 4.90 Å². The minimum Gasteiger partial charge on any atom is -0.393 e. The molecular formula is C15H31N3O2. The number of nitrogens with two attached hydrogens (primary N) is 1. The summed E-state index contributed by atoms with van der Waals surface area (Å²) in [5, 5.41) is 13.6. The Morgan fingerprint density at radius 2 is 2.00 bits per heavy atom. The highest BCUT2D eigenvalue weighted by atomic mass is 16.3. The predicted octanol–water partition coefficient (Wildman–Crippen LogP) is 1.41. The van der Waals surface area contributed by atoms with Gasteiger partial charge in [0.2, 0.25) is 0 Å². The molecule has 0 aliphatic carbocycles. The minimum atomic E-state index is -0.356. The summed E-state index contributed by atoms with van der Waals surface area (Å²) in [5.41, 5.74) is 5.43. The Morgan fingerprint density at radius 3 is 2.50 bits per heavy atom. The van der Waals surface area contributed by atoms with Crippen molar-refractivity contribution < 1.29 is 9.90 Å². The lowest BCUT2D eigenvalue weighted by Gasteiger charge is -2.38. The Morgan fingerprint density at radius 1 is 1.35 bits per heavy atom. The van der Waals surface area contributed by atoms with Gasteiger partial charge >= 0.3 is 6.03 Å². The van der Waals surface area contributed by atoms with Gasteiger partial charge in [0.05, 0.1) is 6.10 Å². The molecule has 0 bridgehead atoms. The van der Waals surface area contributed by atoms with Gasteiger partial charge in [0, 0.05) is 19.1 Å². The van der Waals surface area contributed by atoms with Gasteiger partial charge < -0.3 is 21.1 Å². The lowest BCUT2D eigenvalue weighted by molar-refractivity contribution is 0.0700. The van der Waals surface area contributed by atoms with E-state index in [9.17, 15) is 9.90 Å². The van der Waals surface area contributed by atoms with Crippen molar-refractivity contribution in [1.82, 2.24) is 10.2 Å². The van der Waals surface area contributed by atoms with E-state index in [1.807, 2.05) is 13.8 Å². The zero-order chi connectivity index (χ0) is 15.3. The van der Waals surface area contributed by atoms with Gasteiger partial charge in [-0.3, -0.25) is 0 Å². The van der Waals surface area contributed by atoms with Crippen LogP contribution in [0.2, 0.25) is 0 Å². The fourth-order valence-electron chi connectivity index (χ4n) is 2.72. The smallest absolute Gasteiger partial charge is 0.314 e. The van der Waals surface area contributed by atoms with E-state index in [4.69, 9.17) is 5.73 Å². The van der Waals surface area contributed by atoms with Gasteiger partial charge in [-0.25, -0.2) is 4.79 Å². The molecule has 5 heteroatoms. The molecule has 2 amide bonds. The maximum Gasteiger partial charge on any atom is 0.314 e. The summed E-state index contributed by atoms with van der Waals surface area (Å²) in [6.07, 6.45) is 1.43. The van der Waals surface area contributed by atoms with Crippen LogP contribution in [0.5, 0.6) is 0 Å². The number of hydrogen-bond donors (Lipinski definition) is 3. The third-order valence-electron chi connectivity index (χ3n) is 4.01. The first-order valence-electron chi connectivity index (χ1n) is 7.75. The summed E-state index contributed by atoms with van der Waals surface area (Å²) < 4.78 is 0. The van der Waals surface area contributed by atoms with Crippen LogP contribution in [0.3, 0.4) is 0 Å². The zero-order valence-corrected chi connectivity index (χ0v) is 13.3. The number of aliphatic hydroxyl groups excluding tert-OH is 1. The summed E-state index contributed by atoms with van der Waals surface area (Å²) in [5.74, 6) is 1.15. The molecule has 1 heterocycles. The number of carbonyl (C=O) groups is 1. The van der Waals surface area contributed by atoms with Crippen molar-refractivity contribution in [3.05, 3.63) is 0 Å². The molecular weight excluding hydrogens is 254 g/mol. The minimum absolute atomic E-state index is 0.251. The van der Waals surface area contributed by atoms with Crippen molar-refractivity contribution in [2.45, 2.75) is 52.7 Å². The Kier molecular flexibility index (Phi) is 6.76. The number of amides is 2. The van der Waals surface area contributed by atoms with Gasteiger partial charge in [0.1, 0.15) is 0 Å². The molecule has 0 aromatic rings. The van der Waals surface area contributed by atoms with Gasteiger partial charge in [0.15, 0.2) is 0 Å². The Labute approximate surface area is 122 Å². The first kappa shape index (κ1) is 17.2. The van der Waals surface area contributed by atoms with Gasteiger partial charge in [-0.15, -0.1) is 0 Å². The van der Waals surface area contributed by atoms with E-state index in [1.165, 1.54) is 0 Å². The van der Waals surface area contributed by atoms with Crippen LogP contribution in [0.1, 0.15) is 40.5 Å². The first-order chi connectivity index (χ1) is 9.29. The van der Waals surface area contributed by atoms with Gasteiger partial charge in [-0.1, -0.05) is 27.7 Å². The third kappa shape index (κ3) is 5.67. The summed E-state index contributed by atoms with van der Waals surface area (Å²) >= 11 is 0. The number of nitrogens with zero attached hydrogens (tertiary/aromatic N) is 1. The van der Waals surface area contributed by atoms with E-state index in [0.717, 1.165) is 19.4 Å². The van der Waals surface area contributed by atoms with Crippen molar-refractivity contribution in [3.63, 3.8) is 0 Å². The number of carbonyl (C=O) groups excluding carboxylic acids is 1. The standard InChI is InChI=1S/C15H31N3O2/c1-10(2)7-17-13-5-12(6-14(19)11(3)4)8-18(9-13)15(16)20/h10-14,17,19H,5-9H2,1-4H3,(H2,16,20). The summed E-state index contributed by atoms with van der Waals surface area (Å²) in [6, 6.07) is -0.0758. The molecule has 0 saturated carbocycles. The van der Waals surface area contributed by atoms with Gasteiger partial charge in [-0.05, 0) is 37.1 Å². The van der Waals surface area contributed by atoms with Crippen LogP contribution >= 0.6 is 0 Å².